The summed E-state index contributed by atoms with van der Waals surface area (Å²) < 4.78 is 15.7. The predicted molar refractivity (Wildman–Crippen MR) is 128 cm³/mol. The number of benzene rings is 3. The molecule has 168 valence electrons. The first-order valence-corrected chi connectivity index (χ1v) is 10.8. The van der Waals surface area contributed by atoms with Crippen molar-refractivity contribution in [1.82, 2.24) is 14.5 Å². The molecule has 2 amide bonds. The summed E-state index contributed by atoms with van der Waals surface area (Å²) in [6.07, 6.45) is 0. The lowest BCUT2D eigenvalue weighted by Gasteiger charge is -2.30. The fraction of sp³-hybridized carbons (Fsp3) is 0.192. The van der Waals surface area contributed by atoms with Crippen molar-refractivity contribution in [3.8, 4) is 5.69 Å². The third kappa shape index (κ3) is 4.22. The normalized spacial score (nSPS) is 11.9. The number of hydrogen-bond acceptors (Lipinski definition) is 3. The lowest BCUT2D eigenvalue weighted by molar-refractivity contribution is 0.193. The molecule has 0 aliphatic rings. The van der Waals surface area contributed by atoms with Gasteiger partial charge in [0.2, 0.25) is 0 Å². The number of halogens is 1. The van der Waals surface area contributed by atoms with E-state index in [0.29, 0.717) is 29.0 Å². The Bertz CT molecular complexity index is 1380. The Morgan fingerprint density at radius 2 is 1.73 bits per heavy atom. The number of hydrogen-bond donors (Lipinski definition) is 1. The largest absolute Gasteiger partial charge is 0.322 e. The average Bonchev–Trinajstić information content (AvgIpc) is 2.81. The minimum absolute atomic E-state index is 0.0934. The van der Waals surface area contributed by atoms with Gasteiger partial charge < -0.3 is 10.2 Å². The van der Waals surface area contributed by atoms with Crippen LogP contribution in [0.15, 0.2) is 77.6 Å². The van der Waals surface area contributed by atoms with Gasteiger partial charge >= 0.3 is 6.03 Å². The molecule has 1 aromatic heterocycles. The molecule has 0 radical (unpaired) electrons. The molecule has 1 heterocycles. The molecule has 0 aliphatic heterocycles. The van der Waals surface area contributed by atoms with E-state index in [2.05, 4.69) is 5.32 Å². The molecule has 0 bridgehead atoms. The van der Waals surface area contributed by atoms with Crippen LogP contribution in [-0.2, 0) is 0 Å². The zero-order valence-corrected chi connectivity index (χ0v) is 18.7. The van der Waals surface area contributed by atoms with Gasteiger partial charge in [0.1, 0.15) is 11.6 Å². The zero-order valence-electron chi connectivity index (χ0n) is 18.7. The molecule has 0 saturated carbocycles. The van der Waals surface area contributed by atoms with Crippen molar-refractivity contribution in [3.05, 3.63) is 100 Å². The highest BCUT2D eigenvalue weighted by molar-refractivity contribution is 5.89. The smallest absolute Gasteiger partial charge is 0.315 e. The molecule has 0 saturated heterocycles. The summed E-state index contributed by atoms with van der Waals surface area (Å²) in [5, 5.41) is 3.13. The number of para-hydroxylation sites is 3. The Morgan fingerprint density at radius 1 is 1.06 bits per heavy atom. The highest BCUT2D eigenvalue weighted by atomic mass is 19.1. The van der Waals surface area contributed by atoms with Crippen LogP contribution in [0.2, 0.25) is 0 Å². The average molecular weight is 445 g/mol. The third-order valence-corrected chi connectivity index (χ3v) is 5.72. The Hall–Kier alpha value is -4.00. The fourth-order valence-electron chi connectivity index (χ4n) is 3.96. The molecular formula is C26H25FN4O2. The number of aryl methyl sites for hydroxylation is 1. The molecule has 7 heteroatoms. The van der Waals surface area contributed by atoms with Crippen molar-refractivity contribution in [2.75, 3.05) is 11.9 Å². The van der Waals surface area contributed by atoms with Gasteiger partial charge in [-0.05, 0) is 56.7 Å². The predicted octanol–water partition coefficient (Wildman–Crippen LogP) is 5.45. The number of nitrogens with zero attached hydrogens (tertiary/aromatic N) is 3. The molecule has 0 spiro atoms. The van der Waals surface area contributed by atoms with Gasteiger partial charge in [0.05, 0.1) is 28.3 Å². The number of carbonyl (C=O) groups is 1. The molecular weight excluding hydrogens is 419 g/mol. The molecule has 6 nitrogen and oxygen atoms in total. The molecule has 4 rings (SSSR count). The maximum Gasteiger partial charge on any atom is 0.322 e. The summed E-state index contributed by atoms with van der Waals surface area (Å²) in [4.78, 5) is 33.0. The van der Waals surface area contributed by atoms with E-state index in [1.165, 1.54) is 17.0 Å². The Balaban J connectivity index is 1.84. The summed E-state index contributed by atoms with van der Waals surface area (Å²) >= 11 is 0. The molecule has 1 atom stereocenters. The van der Waals surface area contributed by atoms with Crippen LogP contribution < -0.4 is 10.9 Å². The number of fused-ring (bicyclic) bond motifs is 1. The van der Waals surface area contributed by atoms with Crippen LogP contribution in [0, 0.1) is 12.7 Å². The van der Waals surface area contributed by atoms with Gasteiger partial charge in [-0.3, -0.25) is 9.36 Å². The molecule has 3 aromatic carbocycles. The summed E-state index contributed by atoms with van der Waals surface area (Å²) in [5.74, 6) is -0.0891. The van der Waals surface area contributed by atoms with Crippen molar-refractivity contribution in [2.24, 2.45) is 0 Å². The number of carbonyl (C=O) groups excluding carboxylic acids is 1. The summed E-state index contributed by atoms with van der Waals surface area (Å²) in [7, 11) is 0. The SMILES string of the molecule is CCN(C(=O)Nc1ccccc1F)C(C)c1nc2ccccc2c(=O)n1-c1ccccc1C. The number of amides is 2. The van der Waals surface area contributed by atoms with Crippen LogP contribution in [0.4, 0.5) is 14.9 Å². The van der Waals surface area contributed by atoms with Crippen molar-refractivity contribution in [2.45, 2.75) is 26.8 Å². The van der Waals surface area contributed by atoms with E-state index in [4.69, 9.17) is 4.98 Å². The minimum Gasteiger partial charge on any atom is -0.315 e. The Kier molecular flexibility index (Phi) is 6.22. The minimum atomic E-state index is -0.571. The molecule has 1 unspecified atom stereocenters. The van der Waals surface area contributed by atoms with Gasteiger partial charge in [-0.15, -0.1) is 0 Å². The van der Waals surface area contributed by atoms with Crippen LogP contribution in [0.25, 0.3) is 16.6 Å². The second kappa shape index (κ2) is 9.24. The third-order valence-electron chi connectivity index (χ3n) is 5.72. The number of rotatable bonds is 5. The zero-order chi connectivity index (χ0) is 23.5. The molecule has 1 N–H and O–H groups in total. The fourth-order valence-corrected chi connectivity index (χ4v) is 3.96. The summed E-state index contributed by atoms with van der Waals surface area (Å²) in [6, 6.07) is 19.7. The first kappa shape index (κ1) is 22.2. The molecule has 4 aromatic rings. The van der Waals surface area contributed by atoms with Crippen LogP contribution >= 0.6 is 0 Å². The lowest BCUT2D eigenvalue weighted by Crippen LogP contribution is -2.40. The standard InChI is InChI=1S/C26H25FN4O2/c1-4-30(26(33)29-22-15-9-7-13-20(22)27)18(3)24-28-21-14-8-6-12-19(21)25(32)31(24)23-16-10-5-11-17(23)2/h5-16,18H,4H2,1-3H3,(H,29,33). The molecule has 0 aliphatic carbocycles. The van der Waals surface area contributed by atoms with Gasteiger partial charge in [0.15, 0.2) is 0 Å². The maximum atomic E-state index is 14.1. The number of anilines is 1. The van der Waals surface area contributed by atoms with Crippen molar-refractivity contribution >= 4 is 22.6 Å². The highest BCUT2D eigenvalue weighted by Gasteiger charge is 2.26. The first-order chi connectivity index (χ1) is 15.9. The monoisotopic (exact) mass is 444 g/mol. The van der Waals surface area contributed by atoms with Crippen LogP contribution in [-0.4, -0.2) is 27.0 Å². The second-order valence-electron chi connectivity index (χ2n) is 7.79. The number of aromatic nitrogens is 2. The van der Waals surface area contributed by atoms with Gasteiger partial charge in [0, 0.05) is 6.54 Å². The summed E-state index contributed by atoms with van der Waals surface area (Å²) in [5.41, 5.74) is 2.05. The van der Waals surface area contributed by atoms with E-state index < -0.39 is 17.9 Å². The van der Waals surface area contributed by atoms with Crippen molar-refractivity contribution < 1.29 is 9.18 Å². The van der Waals surface area contributed by atoms with E-state index in [-0.39, 0.29) is 11.2 Å². The highest BCUT2D eigenvalue weighted by Crippen LogP contribution is 2.25. The van der Waals surface area contributed by atoms with E-state index in [1.807, 2.05) is 51.1 Å². The van der Waals surface area contributed by atoms with Gasteiger partial charge in [-0.25, -0.2) is 14.2 Å². The van der Waals surface area contributed by atoms with E-state index in [0.717, 1.165) is 5.56 Å². The van der Waals surface area contributed by atoms with Crippen molar-refractivity contribution in [1.29, 1.82) is 0 Å². The first-order valence-electron chi connectivity index (χ1n) is 10.8. The van der Waals surface area contributed by atoms with Crippen LogP contribution in [0.5, 0.6) is 0 Å². The van der Waals surface area contributed by atoms with Gasteiger partial charge in [-0.2, -0.15) is 0 Å². The topological polar surface area (TPSA) is 67.2 Å². The van der Waals surface area contributed by atoms with E-state index in [9.17, 15) is 14.0 Å². The molecule has 0 fully saturated rings. The lowest BCUT2D eigenvalue weighted by atomic mass is 10.1. The van der Waals surface area contributed by atoms with E-state index in [1.54, 1.807) is 34.9 Å². The van der Waals surface area contributed by atoms with Crippen molar-refractivity contribution in [3.63, 3.8) is 0 Å². The van der Waals surface area contributed by atoms with Crippen LogP contribution in [0.3, 0.4) is 0 Å². The molecule has 33 heavy (non-hydrogen) atoms. The number of nitrogens with one attached hydrogen (secondary N) is 1. The van der Waals surface area contributed by atoms with E-state index >= 15 is 0 Å². The Labute approximate surface area is 191 Å². The van der Waals surface area contributed by atoms with Crippen LogP contribution in [0.1, 0.15) is 31.3 Å². The number of urea groups is 1. The maximum absolute atomic E-state index is 14.1. The second-order valence-corrected chi connectivity index (χ2v) is 7.79. The Morgan fingerprint density at radius 3 is 2.45 bits per heavy atom. The summed E-state index contributed by atoms with van der Waals surface area (Å²) in [6.45, 7) is 5.90. The quantitative estimate of drug-likeness (QED) is 0.445. The van der Waals surface area contributed by atoms with Gasteiger partial charge in [-0.1, -0.05) is 42.5 Å². The van der Waals surface area contributed by atoms with Gasteiger partial charge in [0.25, 0.3) is 5.56 Å².